The van der Waals surface area contributed by atoms with Crippen LogP contribution in [0.1, 0.15) is 79.1 Å². The predicted octanol–water partition coefficient (Wildman–Crippen LogP) is 3.96. The van der Waals surface area contributed by atoms with Crippen LogP contribution in [0.25, 0.3) is 0 Å². The summed E-state index contributed by atoms with van der Waals surface area (Å²) in [7, 11) is 0. The van der Waals surface area contributed by atoms with Crippen LogP contribution in [0.4, 0.5) is 0 Å². The fraction of sp³-hybridized carbons (Fsp3) is 0.941. The molecule has 0 aromatic rings. The van der Waals surface area contributed by atoms with Crippen LogP contribution in [0.5, 0.6) is 0 Å². The van der Waals surface area contributed by atoms with Crippen LogP contribution in [0.2, 0.25) is 0 Å². The van der Waals surface area contributed by atoms with Gasteiger partial charge in [-0.05, 0) is 18.8 Å². The number of carbonyl (C=O) groups is 1. The van der Waals surface area contributed by atoms with Crippen molar-refractivity contribution in [3.05, 3.63) is 0 Å². The van der Waals surface area contributed by atoms with E-state index in [-0.39, 0.29) is 17.9 Å². The minimum atomic E-state index is -0.340. The van der Waals surface area contributed by atoms with E-state index in [2.05, 4.69) is 13.8 Å². The topological polar surface area (TPSA) is 46.3 Å². The Hall–Kier alpha value is -0.570. The summed E-state index contributed by atoms with van der Waals surface area (Å²) >= 11 is 0. The molecule has 1 atom stereocenters. The van der Waals surface area contributed by atoms with Gasteiger partial charge in [0.25, 0.3) is 0 Å². The van der Waals surface area contributed by atoms with Crippen molar-refractivity contribution in [3.8, 4) is 0 Å². The molecule has 3 nitrogen and oxygen atoms in total. The lowest BCUT2D eigenvalue weighted by Gasteiger charge is -2.27. The first-order valence-corrected chi connectivity index (χ1v) is 8.58. The quantitative estimate of drug-likeness (QED) is 0.551. The first-order valence-electron chi connectivity index (χ1n) is 8.58. The monoisotopic (exact) mass is 284 g/mol. The number of carbonyl (C=O) groups excluding carboxylic acids is 1. The summed E-state index contributed by atoms with van der Waals surface area (Å²) in [5.74, 6) is 0.365. The van der Waals surface area contributed by atoms with E-state index in [0.717, 1.165) is 25.9 Å². The molecule has 1 amide bonds. The van der Waals surface area contributed by atoms with Crippen molar-refractivity contribution in [3.63, 3.8) is 0 Å². The summed E-state index contributed by atoms with van der Waals surface area (Å²) < 4.78 is 0. The molecule has 0 rings (SSSR count). The number of amides is 1. The van der Waals surface area contributed by atoms with Crippen LogP contribution < -0.4 is 5.73 Å². The Morgan fingerprint density at radius 2 is 1.35 bits per heavy atom. The van der Waals surface area contributed by atoms with E-state index in [1.807, 2.05) is 18.7 Å². The Labute approximate surface area is 126 Å². The molecule has 0 aromatic heterocycles. The maximum atomic E-state index is 12.4. The van der Waals surface area contributed by atoms with E-state index >= 15 is 0 Å². The number of nitrogens with zero attached hydrogens (tertiary/aromatic N) is 1. The number of nitrogens with two attached hydrogens (primary N) is 1. The number of hydrogen-bond acceptors (Lipinski definition) is 2. The van der Waals surface area contributed by atoms with E-state index < -0.39 is 0 Å². The van der Waals surface area contributed by atoms with Gasteiger partial charge in [0.15, 0.2) is 0 Å². The molecule has 3 heteroatoms. The van der Waals surface area contributed by atoms with Crippen LogP contribution in [0.15, 0.2) is 0 Å². The second-order valence-corrected chi connectivity index (χ2v) is 6.22. The number of rotatable bonds is 12. The van der Waals surface area contributed by atoms with Crippen LogP contribution >= 0.6 is 0 Å². The molecule has 0 saturated heterocycles. The number of hydrogen-bond donors (Lipinski definition) is 1. The van der Waals surface area contributed by atoms with E-state index in [4.69, 9.17) is 5.73 Å². The summed E-state index contributed by atoms with van der Waals surface area (Å²) in [4.78, 5) is 14.4. The molecule has 0 aliphatic heterocycles. The summed E-state index contributed by atoms with van der Waals surface area (Å²) in [5, 5.41) is 0. The molecule has 0 heterocycles. The highest BCUT2D eigenvalue weighted by molar-refractivity contribution is 5.81. The largest absolute Gasteiger partial charge is 0.341 e. The van der Waals surface area contributed by atoms with Gasteiger partial charge in [-0.15, -0.1) is 0 Å². The molecule has 2 N–H and O–H groups in total. The Bertz CT molecular complexity index is 229. The SMILES string of the molecule is CCCCCCN(CCCCCC)C(=O)[C@H](N)C(C)C. The summed E-state index contributed by atoms with van der Waals surface area (Å²) in [5.41, 5.74) is 6.03. The van der Waals surface area contributed by atoms with Crippen molar-refractivity contribution in [1.29, 1.82) is 0 Å². The minimum absolute atomic E-state index is 0.146. The Balaban J connectivity index is 4.25. The van der Waals surface area contributed by atoms with E-state index in [9.17, 15) is 4.79 Å². The van der Waals surface area contributed by atoms with Gasteiger partial charge in [-0.1, -0.05) is 66.2 Å². The molecular weight excluding hydrogens is 248 g/mol. The zero-order chi connectivity index (χ0) is 15.4. The van der Waals surface area contributed by atoms with E-state index in [0.29, 0.717) is 0 Å². The molecule has 0 radical (unpaired) electrons. The summed E-state index contributed by atoms with van der Waals surface area (Å²) in [6, 6.07) is -0.340. The van der Waals surface area contributed by atoms with E-state index in [1.54, 1.807) is 0 Å². The Morgan fingerprint density at radius 3 is 1.70 bits per heavy atom. The van der Waals surface area contributed by atoms with Crippen molar-refractivity contribution in [2.24, 2.45) is 11.7 Å². The predicted molar refractivity (Wildman–Crippen MR) is 87.7 cm³/mol. The highest BCUT2D eigenvalue weighted by Gasteiger charge is 2.22. The molecule has 0 aromatic carbocycles. The highest BCUT2D eigenvalue weighted by atomic mass is 16.2. The number of unbranched alkanes of at least 4 members (excludes halogenated alkanes) is 6. The van der Waals surface area contributed by atoms with Crippen molar-refractivity contribution in [1.82, 2.24) is 4.90 Å². The molecule has 0 fully saturated rings. The molecule has 0 bridgehead atoms. The van der Waals surface area contributed by atoms with Crippen molar-refractivity contribution in [2.75, 3.05) is 13.1 Å². The minimum Gasteiger partial charge on any atom is -0.341 e. The summed E-state index contributed by atoms with van der Waals surface area (Å²) in [6.45, 7) is 10.2. The third-order valence-corrected chi connectivity index (χ3v) is 3.88. The van der Waals surface area contributed by atoms with Gasteiger partial charge < -0.3 is 10.6 Å². The zero-order valence-corrected chi connectivity index (χ0v) is 14.2. The fourth-order valence-electron chi connectivity index (χ4n) is 2.29. The zero-order valence-electron chi connectivity index (χ0n) is 14.2. The Kier molecular flexibility index (Phi) is 11.8. The van der Waals surface area contributed by atoms with Crippen LogP contribution in [-0.2, 0) is 4.79 Å². The van der Waals surface area contributed by atoms with Gasteiger partial charge in [-0.3, -0.25) is 4.79 Å². The molecule has 0 unspecified atom stereocenters. The van der Waals surface area contributed by atoms with Crippen molar-refractivity contribution >= 4 is 5.91 Å². The van der Waals surface area contributed by atoms with Crippen LogP contribution in [0.3, 0.4) is 0 Å². The maximum Gasteiger partial charge on any atom is 0.239 e. The van der Waals surface area contributed by atoms with Gasteiger partial charge in [0.2, 0.25) is 5.91 Å². The first kappa shape index (κ1) is 19.4. The van der Waals surface area contributed by atoms with Crippen molar-refractivity contribution < 1.29 is 4.79 Å². The average Bonchev–Trinajstić information content (AvgIpc) is 2.44. The van der Waals surface area contributed by atoms with Gasteiger partial charge in [0.1, 0.15) is 0 Å². The standard InChI is InChI=1S/C17H36N2O/c1-5-7-9-11-13-19(14-12-10-8-6-2)17(20)16(18)15(3)4/h15-16H,5-14,18H2,1-4H3/t16-/m1/s1. The molecule has 20 heavy (non-hydrogen) atoms. The molecule has 0 saturated carbocycles. The van der Waals surface area contributed by atoms with Crippen molar-refractivity contribution in [2.45, 2.75) is 85.1 Å². The third kappa shape index (κ3) is 8.57. The fourth-order valence-corrected chi connectivity index (χ4v) is 2.29. The normalized spacial score (nSPS) is 12.7. The lowest BCUT2D eigenvalue weighted by Crippen LogP contribution is -2.47. The first-order chi connectivity index (χ1) is 9.54. The van der Waals surface area contributed by atoms with Gasteiger partial charge in [0, 0.05) is 13.1 Å². The maximum absolute atomic E-state index is 12.4. The average molecular weight is 284 g/mol. The molecular formula is C17H36N2O. The molecule has 120 valence electrons. The highest BCUT2D eigenvalue weighted by Crippen LogP contribution is 2.09. The summed E-state index contributed by atoms with van der Waals surface area (Å²) in [6.07, 6.45) is 9.63. The molecule has 0 aliphatic carbocycles. The lowest BCUT2D eigenvalue weighted by atomic mass is 10.0. The van der Waals surface area contributed by atoms with E-state index in [1.165, 1.54) is 38.5 Å². The van der Waals surface area contributed by atoms with Gasteiger partial charge in [-0.2, -0.15) is 0 Å². The lowest BCUT2D eigenvalue weighted by molar-refractivity contribution is -0.133. The van der Waals surface area contributed by atoms with Gasteiger partial charge in [0.05, 0.1) is 6.04 Å². The molecule has 0 aliphatic rings. The van der Waals surface area contributed by atoms with Gasteiger partial charge >= 0.3 is 0 Å². The van der Waals surface area contributed by atoms with Crippen LogP contribution in [-0.4, -0.2) is 29.9 Å². The van der Waals surface area contributed by atoms with Crippen LogP contribution in [0, 0.1) is 5.92 Å². The Morgan fingerprint density at radius 1 is 0.900 bits per heavy atom. The molecule has 0 spiro atoms. The third-order valence-electron chi connectivity index (χ3n) is 3.88. The van der Waals surface area contributed by atoms with Gasteiger partial charge in [-0.25, -0.2) is 0 Å². The second kappa shape index (κ2) is 12.2. The second-order valence-electron chi connectivity index (χ2n) is 6.22. The smallest absolute Gasteiger partial charge is 0.239 e.